The lowest BCUT2D eigenvalue weighted by atomic mass is 9.99. The molecule has 37 heavy (non-hydrogen) atoms. The van der Waals surface area contributed by atoms with Gasteiger partial charge in [-0.05, 0) is 37.1 Å². The molecule has 1 aromatic carbocycles. The predicted molar refractivity (Wildman–Crippen MR) is 129 cm³/mol. The Kier molecular flexibility index (Phi) is 6.65. The molecule has 3 heterocycles. The quantitative estimate of drug-likeness (QED) is 0.522. The number of aliphatic imine (C=N–C) groups is 2. The third kappa shape index (κ3) is 5.90. The minimum atomic E-state index is -4.64. The highest BCUT2D eigenvalue weighted by Crippen LogP contribution is 2.37. The third-order valence-electron chi connectivity index (χ3n) is 6.97. The van der Waals surface area contributed by atoms with Crippen LogP contribution in [0.1, 0.15) is 42.6 Å². The van der Waals surface area contributed by atoms with Crippen LogP contribution in [0.25, 0.3) is 0 Å². The average Bonchev–Trinajstić information content (AvgIpc) is 3.45. The van der Waals surface area contributed by atoms with Gasteiger partial charge in [-0.15, -0.1) is 0 Å². The van der Waals surface area contributed by atoms with Crippen LogP contribution in [0.15, 0.2) is 58.5 Å². The van der Waals surface area contributed by atoms with E-state index in [0.717, 1.165) is 24.7 Å². The topological polar surface area (TPSA) is 90.9 Å². The van der Waals surface area contributed by atoms with Gasteiger partial charge in [-0.3, -0.25) is 10.6 Å². The van der Waals surface area contributed by atoms with Gasteiger partial charge in [0.25, 0.3) is 0 Å². The summed E-state index contributed by atoms with van der Waals surface area (Å²) in [5, 5.41) is 5.92. The lowest BCUT2D eigenvalue weighted by Gasteiger charge is -2.38. The van der Waals surface area contributed by atoms with Crippen LogP contribution in [0.3, 0.4) is 0 Å². The van der Waals surface area contributed by atoms with Crippen molar-refractivity contribution in [2.45, 2.75) is 56.2 Å². The molecule has 3 aliphatic rings. The molecule has 0 radical (unpaired) electrons. The van der Waals surface area contributed by atoms with E-state index in [2.05, 4.69) is 30.5 Å². The number of nitrogens with one attached hydrogen (secondary N) is 2. The molecule has 198 valence electrons. The molecule has 5 rings (SSSR count). The number of nitrogens with two attached hydrogens (primary N) is 1. The Hall–Kier alpha value is -3.12. The standard InChI is InChI=1S/C25H28F5N7/c26-23(27)11-9-18(13-23)32-22-34-21(19-7-4-8-20(33-19)24(28,29)30)35-25(31,36-22)17-10-12-37(15-17)14-16-5-2-1-3-6-16/h1-8,17-18H,9-15,31H2,(H2,32,34,35,36). The molecule has 1 saturated carbocycles. The van der Waals surface area contributed by atoms with E-state index in [1.54, 1.807) is 0 Å². The summed E-state index contributed by atoms with van der Waals surface area (Å²) in [6.45, 7) is 2.05. The van der Waals surface area contributed by atoms with Crippen LogP contribution in [-0.2, 0) is 12.7 Å². The molecule has 0 bridgehead atoms. The smallest absolute Gasteiger partial charge is 0.319 e. The van der Waals surface area contributed by atoms with Gasteiger partial charge in [0.2, 0.25) is 5.92 Å². The average molecular weight is 522 g/mol. The van der Waals surface area contributed by atoms with Crippen molar-refractivity contribution < 1.29 is 22.0 Å². The van der Waals surface area contributed by atoms with Gasteiger partial charge in [-0.2, -0.15) is 13.2 Å². The van der Waals surface area contributed by atoms with E-state index in [0.29, 0.717) is 13.0 Å². The first-order valence-corrected chi connectivity index (χ1v) is 12.2. The molecule has 2 fully saturated rings. The molecule has 1 saturated heterocycles. The third-order valence-corrected chi connectivity index (χ3v) is 6.97. The molecule has 1 aromatic heterocycles. The van der Waals surface area contributed by atoms with E-state index in [-0.39, 0.29) is 36.2 Å². The van der Waals surface area contributed by atoms with E-state index >= 15 is 0 Å². The summed E-state index contributed by atoms with van der Waals surface area (Å²) >= 11 is 0. The molecule has 2 aromatic rings. The zero-order valence-corrected chi connectivity index (χ0v) is 20.0. The summed E-state index contributed by atoms with van der Waals surface area (Å²) in [5.74, 6) is -4.31. The lowest BCUT2D eigenvalue weighted by molar-refractivity contribution is -0.141. The van der Waals surface area contributed by atoms with E-state index in [1.165, 1.54) is 12.1 Å². The number of nitrogens with zero attached hydrogens (tertiary/aromatic N) is 4. The van der Waals surface area contributed by atoms with Crippen molar-refractivity contribution in [2.24, 2.45) is 21.6 Å². The highest BCUT2D eigenvalue weighted by Gasteiger charge is 2.44. The molecular formula is C25H28F5N7. The molecule has 7 nitrogen and oxygen atoms in total. The van der Waals surface area contributed by atoms with Crippen LogP contribution in [0.4, 0.5) is 22.0 Å². The largest absolute Gasteiger partial charge is 0.433 e. The minimum Gasteiger partial charge on any atom is -0.319 e. The summed E-state index contributed by atoms with van der Waals surface area (Å²) in [4.78, 5) is 15.0. The second-order valence-corrected chi connectivity index (χ2v) is 9.88. The number of hydrogen-bond acceptors (Lipinski definition) is 5. The van der Waals surface area contributed by atoms with E-state index in [4.69, 9.17) is 5.73 Å². The number of likely N-dealkylation sites (tertiary alicyclic amines) is 1. The summed E-state index contributed by atoms with van der Waals surface area (Å²) < 4.78 is 67.5. The zero-order chi connectivity index (χ0) is 26.3. The second kappa shape index (κ2) is 9.64. The molecule has 3 unspecified atom stereocenters. The first kappa shape index (κ1) is 25.5. The van der Waals surface area contributed by atoms with Crippen molar-refractivity contribution in [1.82, 2.24) is 20.5 Å². The molecule has 4 N–H and O–H groups in total. The van der Waals surface area contributed by atoms with Crippen LogP contribution in [0.2, 0.25) is 0 Å². The predicted octanol–water partition coefficient (Wildman–Crippen LogP) is 3.72. The Labute approximate surface area is 211 Å². The molecule has 1 aliphatic carbocycles. The summed E-state index contributed by atoms with van der Waals surface area (Å²) in [6, 6.07) is 12.8. The Morgan fingerprint density at radius 3 is 2.57 bits per heavy atom. The fraction of sp³-hybridized carbons (Fsp3) is 0.480. The van der Waals surface area contributed by atoms with Gasteiger partial charge in [0, 0.05) is 31.8 Å². The monoisotopic (exact) mass is 521 g/mol. The van der Waals surface area contributed by atoms with Crippen LogP contribution < -0.4 is 16.4 Å². The fourth-order valence-electron chi connectivity index (χ4n) is 5.07. The van der Waals surface area contributed by atoms with Crippen molar-refractivity contribution in [3.63, 3.8) is 0 Å². The van der Waals surface area contributed by atoms with Crippen molar-refractivity contribution >= 4 is 11.8 Å². The number of amidine groups is 1. The number of aromatic nitrogens is 1. The number of hydrogen-bond donors (Lipinski definition) is 3. The molecule has 0 amide bonds. The highest BCUT2D eigenvalue weighted by atomic mass is 19.4. The van der Waals surface area contributed by atoms with Crippen LogP contribution in [-0.4, -0.2) is 52.5 Å². The maximum atomic E-state index is 13.8. The summed E-state index contributed by atoms with van der Waals surface area (Å²) in [7, 11) is 0. The molecule has 3 atom stereocenters. The second-order valence-electron chi connectivity index (χ2n) is 9.88. The Bertz CT molecular complexity index is 1180. The number of rotatable bonds is 5. The Morgan fingerprint density at radius 1 is 1.08 bits per heavy atom. The number of benzene rings is 1. The lowest BCUT2D eigenvalue weighted by Crippen LogP contribution is -2.67. The van der Waals surface area contributed by atoms with Gasteiger partial charge < -0.3 is 10.6 Å². The van der Waals surface area contributed by atoms with Gasteiger partial charge in [0.1, 0.15) is 11.4 Å². The summed E-state index contributed by atoms with van der Waals surface area (Å²) in [5.41, 5.74) is 6.76. The minimum absolute atomic E-state index is 0.0115. The van der Waals surface area contributed by atoms with Gasteiger partial charge >= 0.3 is 6.18 Å². The van der Waals surface area contributed by atoms with E-state index in [1.807, 2.05) is 30.3 Å². The van der Waals surface area contributed by atoms with E-state index < -0.39 is 36.0 Å². The first-order valence-electron chi connectivity index (χ1n) is 12.2. The van der Waals surface area contributed by atoms with E-state index in [9.17, 15) is 22.0 Å². The Balaban J connectivity index is 1.43. The van der Waals surface area contributed by atoms with Gasteiger partial charge in [0.05, 0.1) is 6.04 Å². The maximum Gasteiger partial charge on any atom is 0.433 e. The maximum absolute atomic E-state index is 13.8. The normalized spacial score (nSPS) is 29.1. The molecule has 0 spiro atoms. The highest BCUT2D eigenvalue weighted by molar-refractivity contribution is 6.09. The van der Waals surface area contributed by atoms with Crippen molar-refractivity contribution in [3.05, 3.63) is 65.5 Å². The zero-order valence-electron chi connectivity index (χ0n) is 20.0. The first-order chi connectivity index (χ1) is 17.5. The molecular weight excluding hydrogens is 493 g/mol. The van der Waals surface area contributed by atoms with Crippen molar-refractivity contribution in [3.8, 4) is 0 Å². The van der Waals surface area contributed by atoms with Crippen LogP contribution >= 0.6 is 0 Å². The Morgan fingerprint density at radius 2 is 1.86 bits per heavy atom. The number of guanidine groups is 1. The molecule has 12 heteroatoms. The fourth-order valence-corrected chi connectivity index (χ4v) is 5.07. The van der Waals surface area contributed by atoms with Gasteiger partial charge in [0.15, 0.2) is 17.6 Å². The number of pyridine rings is 1. The molecule has 2 aliphatic heterocycles. The number of halogens is 5. The van der Waals surface area contributed by atoms with Crippen LogP contribution in [0, 0.1) is 5.92 Å². The van der Waals surface area contributed by atoms with Crippen molar-refractivity contribution in [2.75, 3.05) is 13.1 Å². The van der Waals surface area contributed by atoms with Crippen LogP contribution in [0.5, 0.6) is 0 Å². The van der Waals surface area contributed by atoms with Crippen molar-refractivity contribution in [1.29, 1.82) is 0 Å². The number of alkyl halides is 5. The van der Waals surface area contributed by atoms with Gasteiger partial charge in [-0.1, -0.05) is 36.4 Å². The SMILES string of the molecule is NC1(C2CCN(Cc3ccccc3)C2)N=C(c2cccc(C(F)(F)F)n2)NC(=NC2CCC(F)(F)C2)N1. The van der Waals surface area contributed by atoms with Gasteiger partial charge in [-0.25, -0.2) is 23.7 Å². The summed E-state index contributed by atoms with van der Waals surface area (Å²) in [6.07, 6.45) is -4.44.